The van der Waals surface area contributed by atoms with E-state index in [4.69, 9.17) is 28.3 Å². The molecule has 0 fully saturated rings. The molecule has 1 N–H and O–H groups in total. The molecular formula is C11H10Cl2O3S. The van der Waals surface area contributed by atoms with Gasteiger partial charge in [-0.3, -0.25) is 9.59 Å². The van der Waals surface area contributed by atoms with Crippen LogP contribution in [0.25, 0.3) is 0 Å². The Morgan fingerprint density at radius 3 is 2.47 bits per heavy atom. The molecule has 0 saturated carbocycles. The van der Waals surface area contributed by atoms with Gasteiger partial charge in [0.25, 0.3) is 0 Å². The van der Waals surface area contributed by atoms with Gasteiger partial charge in [0, 0.05) is 22.8 Å². The van der Waals surface area contributed by atoms with E-state index in [9.17, 15) is 9.59 Å². The van der Waals surface area contributed by atoms with Crippen molar-refractivity contribution in [1.29, 1.82) is 0 Å². The van der Waals surface area contributed by atoms with E-state index >= 15 is 0 Å². The summed E-state index contributed by atoms with van der Waals surface area (Å²) in [5.74, 6) is -2.07. The molecule has 3 nitrogen and oxygen atoms in total. The zero-order valence-electron chi connectivity index (χ0n) is 8.69. The molecule has 6 heteroatoms. The Kier molecular flexibility index (Phi) is 5.31. The molecule has 1 aromatic rings. The lowest BCUT2D eigenvalue weighted by atomic mass is 10.00. The number of aliphatic carboxylic acids is 1. The Morgan fingerprint density at radius 2 is 2.00 bits per heavy atom. The van der Waals surface area contributed by atoms with Gasteiger partial charge < -0.3 is 5.11 Å². The van der Waals surface area contributed by atoms with Crippen LogP contribution in [-0.4, -0.2) is 22.6 Å². The number of hydrogen-bond acceptors (Lipinski definition) is 3. The maximum Gasteiger partial charge on any atom is 0.307 e. The average Bonchev–Trinajstić information content (AvgIpc) is 2.24. The largest absolute Gasteiger partial charge is 0.481 e. The van der Waals surface area contributed by atoms with Gasteiger partial charge in [-0.1, -0.05) is 23.2 Å². The quantitative estimate of drug-likeness (QED) is 0.647. The van der Waals surface area contributed by atoms with Gasteiger partial charge in [0.1, 0.15) is 0 Å². The summed E-state index contributed by atoms with van der Waals surface area (Å²) in [6.45, 7) is 0. The molecule has 1 atom stereocenters. The molecule has 17 heavy (non-hydrogen) atoms. The van der Waals surface area contributed by atoms with Crippen molar-refractivity contribution in [3.05, 3.63) is 33.8 Å². The third-order valence-electron chi connectivity index (χ3n) is 2.23. The summed E-state index contributed by atoms with van der Waals surface area (Å²) in [5, 5.41) is 9.48. The summed E-state index contributed by atoms with van der Waals surface area (Å²) in [6, 6.07) is 4.48. The van der Waals surface area contributed by atoms with Crippen molar-refractivity contribution >= 4 is 47.6 Å². The molecule has 0 amide bonds. The first-order valence-electron chi connectivity index (χ1n) is 4.77. The van der Waals surface area contributed by atoms with Crippen molar-refractivity contribution in [1.82, 2.24) is 0 Å². The van der Waals surface area contributed by atoms with Gasteiger partial charge in [-0.2, -0.15) is 12.6 Å². The highest BCUT2D eigenvalue weighted by molar-refractivity contribution is 7.80. The molecule has 1 unspecified atom stereocenters. The fraction of sp³-hybridized carbons (Fsp3) is 0.273. The maximum absolute atomic E-state index is 11.8. The summed E-state index contributed by atoms with van der Waals surface area (Å²) >= 11 is 15.5. The van der Waals surface area contributed by atoms with Crippen molar-refractivity contribution in [3.8, 4) is 0 Å². The summed E-state index contributed by atoms with van der Waals surface area (Å²) < 4.78 is 0. The van der Waals surface area contributed by atoms with Crippen LogP contribution in [0.3, 0.4) is 0 Å². The summed E-state index contributed by atoms with van der Waals surface area (Å²) in [5.41, 5.74) is 0.282. The molecule has 0 aliphatic rings. The molecule has 0 spiro atoms. The molecule has 0 aromatic heterocycles. The van der Waals surface area contributed by atoms with Crippen LogP contribution in [0.4, 0.5) is 0 Å². The SMILES string of the molecule is O=C(CC(CS)C(=O)O)c1ccc(Cl)cc1Cl. The number of hydrogen-bond donors (Lipinski definition) is 2. The highest BCUT2D eigenvalue weighted by atomic mass is 35.5. The van der Waals surface area contributed by atoms with Gasteiger partial charge in [0.2, 0.25) is 0 Å². The van der Waals surface area contributed by atoms with Crippen LogP contribution in [0.5, 0.6) is 0 Å². The van der Waals surface area contributed by atoms with E-state index < -0.39 is 11.9 Å². The number of Topliss-reactive ketones (excluding diaryl/α,β-unsaturated/α-hetero) is 1. The second-order valence-electron chi connectivity index (χ2n) is 3.47. The fourth-order valence-corrected chi connectivity index (χ4v) is 2.08. The van der Waals surface area contributed by atoms with Crippen LogP contribution in [0.2, 0.25) is 10.0 Å². The molecular weight excluding hydrogens is 283 g/mol. The van der Waals surface area contributed by atoms with Crippen LogP contribution in [0, 0.1) is 5.92 Å². The van der Waals surface area contributed by atoms with Crippen LogP contribution < -0.4 is 0 Å². The van der Waals surface area contributed by atoms with Gasteiger partial charge in [-0.05, 0) is 18.2 Å². The minimum Gasteiger partial charge on any atom is -0.481 e. The molecule has 92 valence electrons. The van der Waals surface area contributed by atoms with Gasteiger partial charge >= 0.3 is 5.97 Å². The van der Waals surface area contributed by atoms with Gasteiger partial charge in [-0.25, -0.2) is 0 Å². The first kappa shape index (κ1) is 14.4. The number of benzene rings is 1. The first-order chi connectivity index (χ1) is 7.95. The van der Waals surface area contributed by atoms with Crippen LogP contribution in [-0.2, 0) is 4.79 Å². The minimum atomic E-state index is -1.04. The molecule has 1 rings (SSSR count). The Labute approximate surface area is 114 Å². The average molecular weight is 293 g/mol. The molecule has 0 bridgehead atoms. The number of thiol groups is 1. The number of carbonyl (C=O) groups excluding carboxylic acids is 1. The second-order valence-corrected chi connectivity index (χ2v) is 4.68. The normalized spacial score (nSPS) is 12.2. The van der Waals surface area contributed by atoms with E-state index in [2.05, 4.69) is 12.6 Å². The van der Waals surface area contributed by atoms with Crippen LogP contribution >= 0.6 is 35.8 Å². The molecule has 0 radical (unpaired) electrons. The number of carboxylic acids is 1. The molecule has 0 saturated heterocycles. The Balaban J connectivity index is 2.86. The second kappa shape index (κ2) is 6.28. The lowest BCUT2D eigenvalue weighted by Gasteiger charge is -2.09. The minimum absolute atomic E-state index is 0.103. The summed E-state index contributed by atoms with van der Waals surface area (Å²) in [4.78, 5) is 22.6. The van der Waals surface area contributed by atoms with Crippen molar-refractivity contribution in [2.75, 3.05) is 5.75 Å². The van der Waals surface area contributed by atoms with Crippen molar-refractivity contribution in [3.63, 3.8) is 0 Å². The van der Waals surface area contributed by atoms with Gasteiger partial charge in [0.05, 0.1) is 10.9 Å². The molecule has 0 heterocycles. The van der Waals surface area contributed by atoms with E-state index in [1.807, 2.05) is 0 Å². The summed E-state index contributed by atoms with van der Waals surface area (Å²) in [6.07, 6.45) is -0.125. The predicted molar refractivity (Wildman–Crippen MR) is 70.4 cm³/mol. The molecule has 0 aliphatic carbocycles. The first-order valence-corrected chi connectivity index (χ1v) is 6.16. The van der Waals surface area contributed by atoms with Crippen molar-refractivity contribution < 1.29 is 14.7 Å². The van der Waals surface area contributed by atoms with E-state index in [0.717, 1.165) is 0 Å². The number of rotatable bonds is 5. The highest BCUT2D eigenvalue weighted by Crippen LogP contribution is 2.23. The lowest BCUT2D eigenvalue weighted by Crippen LogP contribution is -2.19. The maximum atomic E-state index is 11.8. The van der Waals surface area contributed by atoms with E-state index in [0.29, 0.717) is 5.02 Å². The monoisotopic (exact) mass is 292 g/mol. The smallest absolute Gasteiger partial charge is 0.307 e. The zero-order valence-corrected chi connectivity index (χ0v) is 11.1. The van der Waals surface area contributed by atoms with Crippen molar-refractivity contribution in [2.24, 2.45) is 5.92 Å². The third-order valence-corrected chi connectivity index (χ3v) is 3.22. The van der Waals surface area contributed by atoms with Crippen LogP contribution in [0.1, 0.15) is 16.8 Å². The van der Waals surface area contributed by atoms with E-state index in [1.54, 1.807) is 0 Å². The standard InChI is InChI=1S/C11H10Cl2O3S/c12-7-1-2-8(9(13)4-7)10(14)3-6(5-17)11(15)16/h1-2,4,6,17H,3,5H2,(H,15,16). The zero-order chi connectivity index (χ0) is 13.0. The lowest BCUT2D eigenvalue weighted by molar-refractivity contribution is -0.140. The fourth-order valence-electron chi connectivity index (χ4n) is 1.28. The van der Waals surface area contributed by atoms with Gasteiger partial charge in [-0.15, -0.1) is 0 Å². The van der Waals surface area contributed by atoms with Crippen LogP contribution in [0.15, 0.2) is 18.2 Å². The van der Waals surface area contributed by atoms with E-state index in [-0.39, 0.29) is 28.5 Å². The van der Waals surface area contributed by atoms with E-state index in [1.165, 1.54) is 18.2 Å². The third kappa shape index (κ3) is 3.91. The Bertz CT molecular complexity index is 448. The Hall–Kier alpha value is -0.710. The topological polar surface area (TPSA) is 54.4 Å². The molecule has 0 aliphatic heterocycles. The number of carboxylic acid groups (broad SMARTS) is 1. The van der Waals surface area contributed by atoms with Crippen molar-refractivity contribution in [2.45, 2.75) is 6.42 Å². The highest BCUT2D eigenvalue weighted by Gasteiger charge is 2.21. The van der Waals surface area contributed by atoms with Gasteiger partial charge in [0.15, 0.2) is 5.78 Å². The molecule has 1 aromatic carbocycles. The Morgan fingerprint density at radius 1 is 1.35 bits per heavy atom. The predicted octanol–water partition coefficient (Wildman–Crippen LogP) is 3.20. The number of halogens is 2. The number of ketones is 1. The number of carbonyl (C=O) groups is 2. The summed E-state index contributed by atoms with van der Waals surface area (Å²) in [7, 11) is 0.